The van der Waals surface area contributed by atoms with Gasteiger partial charge in [-0.3, -0.25) is 10.1 Å². The molecular weight excluding hydrogens is 308 g/mol. The van der Waals surface area contributed by atoms with E-state index in [1.54, 1.807) is 0 Å². The van der Waals surface area contributed by atoms with Crippen LogP contribution in [0.3, 0.4) is 0 Å². The van der Waals surface area contributed by atoms with Gasteiger partial charge in [0.2, 0.25) is 0 Å². The molecule has 0 aromatic rings. The molecule has 0 bridgehead atoms. The fourth-order valence-electron chi connectivity index (χ4n) is 4.25. The number of carbonyl (C=O) groups is 1. The van der Waals surface area contributed by atoms with Gasteiger partial charge < -0.3 is 20.1 Å². The molecule has 3 N–H and O–H groups in total. The maximum absolute atomic E-state index is 13.0. The number of hydroxylamine groups is 3. The summed E-state index contributed by atoms with van der Waals surface area (Å²) in [7, 11) is 0. The Hall–Kier alpha value is -0.690. The fraction of sp³-hybridized carbons (Fsp3) is 0.944. The average molecular weight is 342 g/mol. The lowest BCUT2D eigenvalue weighted by molar-refractivity contribution is -0.893. The average Bonchev–Trinajstić information content (AvgIpc) is 3.19. The third-order valence-electron chi connectivity index (χ3n) is 5.85. The zero-order valence-electron chi connectivity index (χ0n) is 14.8. The van der Waals surface area contributed by atoms with Crippen molar-refractivity contribution in [3.63, 3.8) is 0 Å². The Labute approximate surface area is 145 Å². The quantitative estimate of drug-likeness (QED) is 0.305. The first kappa shape index (κ1) is 19.6. The van der Waals surface area contributed by atoms with Crippen LogP contribution in [-0.4, -0.2) is 52.7 Å². The third-order valence-corrected chi connectivity index (χ3v) is 5.85. The van der Waals surface area contributed by atoms with Gasteiger partial charge in [-0.05, 0) is 31.6 Å². The van der Waals surface area contributed by atoms with Crippen molar-refractivity contribution in [3.8, 4) is 0 Å². The Morgan fingerprint density at radius 2 is 1.92 bits per heavy atom. The van der Waals surface area contributed by atoms with Crippen LogP contribution in [-0.2, 0) is 4.79 Å². The van der Waals surface area contributed by atoms with E-state index in [4.69, 9.17) is 5.11 Å². The lowest BCUT2D eigenvalue weighted by atomic mass is 9.97. The Bertz CT molecular complexity index is 387. The van der Waals surface area contributed by atoms with Gasteiger partial charge in [-0.2, -0.15) is 0 Å². The molecule has 24 heavy (non-hydrogen) atoms. The predicted molar refractivity (Wildman–Crippen MR) is 93.1 cm³/mol. The lowest BCUT2D eigenvalue weighted by Gasteiger charge is -2.44. The van der Waals surface area contributed by atoms with Crippen molar-refractivity contribution >= 4 is 5.97 Å². The normalized spacial score (nSPS) is 29.2. The van der Waals surface area contributed by atoms with Gasteiger partial charge >= 0.3 is 5.97 Å². The molecule has 3 atom stereocenters. The number of quaternary nitrogens is 1. The molecule has 0 aromatic heterocycles. The van der Waals surface area contributed by atoms with Gasteiger partial charge in [-0.25, -0.2) is 0 Å². The second-order valence-electron chi connectivity index (χ2n) is 7.69. The molecule has 1 heterocycles. The van der Waals surface area contributed by atoms with E-state index in [1.165, 1.54) is 12.8 Å². The van der Waals surface area contributed by atoms with Crippen LogP contribution in [0.5, 0.6) is 0 Å². The van der Waals surface area contributed by atoms with Crippen LogP contribution in [0.2, 0.25) is 0 Å². The van der Waals surface area contributed by atoms with Gasteiger partial charge in [0.25, 0.3) is 0 Å². The van der Waals surface area contributed by atoms with Crippen molar-refractivity contribution < 1.29 is 19.7 Å². The van der Waals surface area contributed by atoms with Gasteiger partial charge in [-0.1, -0.05) is 25.7 Å². The van der Waals surface area contributed by atoms with E-state index < -0.39 is 5.97 Å². The van der Waals surface area contributed by atoms with Crippen LogP contribution in [0, 0.1) is 11.1 Å². The zero-order valence-corrected chi connectivity index (χ0v) is 14.8. The van der Waals surface area contributed by atoms with Crippen molar-refractivity contribution in [2.24, 2.45) is 5.92 Å². The van der Waals surface area contributed by atoms with E-state index in [9.17, 15) is 15.1 Å². The number of carboxylic acid groups (broad SMARTS) is 1. The molecule has 0 amide bonds. The van der Waals surface area contributed by atoms with Crippen molar-refractivity contribution in [2.75, 3.05) is 19.8 Å². The van der Waals surface area contributed by atoms with Gasteiger partial charge in [0.15, 0.2) is 0 Å². The monoisotopic (exact) mass is 342 g/mol. The maximum Gasteiger partial charge on any atom is 0.303 e. The highest BCUT2D eigenvalue weighted by molar-refractivity contribution is 5.66. The molecule has 140 valence electrons. The molecule has 3 unspecified atom stereocenters. The summed E-state index contributed by atoms with van der Waals surface area (Å²) in [4.78, 5) is 10.5. The summed E-state index contributed by atoms with van der Waals surface area (Å²) in [5, 5.41) is 35.2. The number of nitrogens with one attached hydrogen (secondary N) is 1. The molecule has 1 aliphatic carbocycles. The summed E-state index contributed by atoms with van der Waals surface area (Å²) in [6.45, 7) is 1.73. The zero-order chi connectivity index (χ0) is 17.4. The summed E-state index contributed by atoms with van der Waals surface area (Å²) in [5.41, 5.74) is 0. The number of hydrogen-bond donors (Lipinski definition) is 3. The number of carboxylic acids is 1. The van der Waals surface area contributed by atoms with Gasteiger partial charge in [0.05, 0.1) is 19.2 Å². The summed E-state index contributed by atoms with van der Waals surface area (Å²) in [5.74, 6) is -0.328. The second kappa shape index (κ2) is 9.70. The minimum Gasteiger partial charge on any atom is -0.632 e. The standard InChI is InChI=1S/C18H34N2O4/c21-17(15-7-5-6-8-15)11-12-20(24)14-19-13-16(20)9-3-1-2-4-10-18(22)23/h15-17,19,21H,1-14H2,(H,22,23). The van der Waals surface area contributed by atoms with Crippen LogP contribution in [0.25, 0.3) is 0 Å². The van der Waals surface area contributed by atoms with Crippen LogP contribution < -0.4 is 5.32 Å². The SMILES string of the molecule is O=C(O)CCCCCCC1CNC[N+]1([O-])CCC(O)C1CCCC1. The van der Waals surface area contributed by atoms with E-state index in [2.05, 4.69) is 5.32 Å². The molecule has 2 aliphatic rings. The number of nitrogens with zero attached hydrogens (tertiary/aromatic N) is 1. The number of aliphatic hydroxyl groups is 1. The highest BCUT2D eigenvalue weighted by atomic mass is 16.6. The van der Waals surface area contributed by atoms with Gasteiger partial charge in [0.1, 0.15) is 12.7 Å². The Balaban J connectivity index is 1.65. The topological polar surface area (TPSA) is 92.6 Å². The summed E-state index contributed by atoms with van der Waals surface area (Å²) >= 11 is 0. The summed E-state index contributed by atoms with van der Waals surface area (Å²) in [6.07, 6.45) is 9.71. The minimum absolute atomic E-state index is 0.0836. The largest absolute Gasteiger partial charge is 0.632 e. The van der Waals surface area contributed by atoms with E-state index in [1.807, 2.05) is 0 Å². The molecule has 0 spiro atoms. The Kier molecular flexibility index (Phi) is 7.94. The first-order valence-electron chi connectivity index (χ1n) is 9.69. The molecule has 2 rings (SSSR count). The maximum atomic E-state index is 13.0. The lowest BCUT2D eigenvalue weighted by Crippen LogP contribution is -2.49. The number of aliphatic hydroxyl groups excluding tert-OH is 1. The first-order chi connectivity index (χ1) is 11.5. The first-order valence-corrected chi connectivity index (χ1v) is 9.69. The van der Waals surface area contributed by atoms with Crippen molar-refractivity contribution in [3.05, 3.63) is 5.21 Å². The summed E-state index contributed by atoms with van der Waals surface area (Å²) < 4.78 is -0.209. The molecule has 0 aromatic carbocycles. The van der Waals surface area contributed by atoms with E-state index in [0.717, 1.165) is 51.5 Å². The molecule has 6 nitrogen and oxygen atoms in total. The van der Waals surface area contributed by atoms with Crippen LogP contribution in [0.4, 0.5) is 0 Å². The Morgan fingerprint density at radius 1 is 1.21 bits per heavy atom. The van der Waals surface area contributed by atoms with Crippen LogP contribution >= 0.6 is 0 Å². The van der Waals surface area contributed by atoms with E-state index >= 15 is 0 Å². The molecule has 1 aliphatic heterocycles. The molecule has 0 radical (unpaired) electrons. The van der Waals surface area contributed by atoms with Crippen molar-refractivity contribution in [1.82, 2.24) is 5.32 Å². The smallest absolute Gasteiger partial charge is 0.303 e. The molecular formula is C18H34N2O4. The van der Waals surface area contributed by atoms with E-state index in [0.29, 0.717) is 25.6 Å². The van der Waals surface area contributed by atoms with Gasteiger partial charge in [-0.15, -0.1) is 0 Å². The molecule has 2 fully saturated rings. The van der Waals surface area contributed by atoms with Crippen molar-refractivity contribution in [2.45, 2.75) is 82.8 Å². The fourth-order valence-corrected chi connectivity index (χ4v) is 4.25. The number of aliphatic carboxylic acids is 1. The Morgan fingerprint density at radius 3 is 2.62 bits per heavy atom. The van der Waals surface area contributed by atoms with Gasteiger partial charge in [0, 0.05) is 19.3 Å². The highest BCUT2D eigenvalue weighted by Gasteiger charge is 2.35. The number of unbranched alkanes of at least 4 members (excludes halogenated alkanes) is 3. The molecule has 1 saturated heterocycles. The second-order valence-corrected chi connectivity index (χ2v) is 7.69. The number of rotatable bonds is 11. The highest BCUT2D eigenvalue weighted by Crippen LogP contribution is 2.30. The number of hydrogen-bond acceptors (Lipinski definition) is 4. The van der Waals surface area contributed by atoms with Crippen LogP contribution in [0.15, 0.2) is 0 Å². The minimum atomic E-state index is -0.731. The van der Waals surface area contributed by atoms with Crippen molar-refractivity contribution in [1.29, 1.82) is 0 Å². The van der Waals surface area contributed by atoms with Crippen LogP contribution in [0.1, 0.15) is 70.6 Å². The molecule has 1 saturated carbocycles. The van der Waals surface area contributed by atoms with E-state index in [-0.39, 0.29) is 23.2 Å². The summed E-state index contributed by atoms with van der Waals surface area (Å²) in [6, 6.07) is 0.0836. The molecule has 6 heteroatoms. The predicted octanol–water partition coefficient (Wildman–Crippen LogP) is 2.60. The third kappa shape index (κ3) is 5.99.